The van der Waals surface area contributed by atoms with Crippen LogP contribution in [0.4, 0.5) is 10.2 Å². The van der Waals surface area contributed by atoms with Crippen LogP contribution in [0.1, 0.15) is 23.5 Å². The fraction of sp³-hybridized carbons (Fsp3) is 0.286. The predicted molar refractivity (Wildman–Crippen MR) is 74.4 cm³/mol. The molecule has 3 rings (SSSR count). The highest BCUT2D eigenvalue weighted by Gasteiger charge is 2.17. The van der Waals surface area contributed by atoms with E-state index in [0.717, 1.165) is 41.2 Å². The molecule has 0 bridgehead atoms. The average Bonchev–Trinajstić information content (AvgIpc) is 2.87. The summed E-state index contributed by atoms with van der Waals surface area (Å²) in [5.74, 6) is 1.82. The van der Waals surface area contributed by atoms with E-state index >= 15 is 0 Å². The van der Waals surface area contributed by atoms with Crippen LogP contribution in [-0.2, 0) is 18.6 Å². The van der Waals surface area contributed by atoms with Crippen LogP contribution in [0.15, 0.2) is 29.2 Å². The minimum Gasteiger partial charge on any atom is -0.383 e. The number of halogens is 1. The van der Waals surface area contributed by atoms with Gasteiger partial charge in [-0.25, -0.2) is 14.4 Å². The number of benzene rings is 1. The van der Waals surface area contributed by atoms with Gasteiger partial charge < -0.3 is 5.73 Å². The molecule has 0 fully saturated rings. The molecule has 1 aromatic carbocycles. The van der Waals surface area contributed by atoms with Gasteiger partial charge in [-0.2, -0.15) is 0 Å². The van der Waals surface area contributed by atoms with Gasteiger partial charge in [0.05, 0.1) is 5.75 Å². The van der Waals surface area contributed by atoms with E-state index in [1.54, 1.807) is 23.9 Å². The Morgan fingerprint density at radius 3 is 2.74 bits per heavy atom. The first-order valence-corrected chi connectivity index (χ1v) is 7.23. The molecule has 0 amide bonds. The van der Waals surface area contributed by atoms with E-state index in [2.05, 4.69) is 9.97 Å². The third-order valence-electron chi connectivity index (χ3n) is 3.19. The quantitative estimate of drug-likeness (QED) is 0.875. The Kier molecular flexibility index (Phi) is 3.38. The number of hydrogen-bond donors (Lipinski definition) is 1. The van der Waals surface area contributed by atoms with Crippen molar-refractivity contribution in [2.75, 3.05) is 5.73 Å². The zero-order chi connectivity index (χ0) is 13.2. The Labute approximate surface area is 115 Å². The fourth-order valence-electron chi connectivity index (χ4n) is 2.26. The summed E-state index contributed by atoms with van der Waals surface area (Å²) in [7, 11) is 0. The minimum atomic E-state index is -0.220. The standard InChI is InChI=1S/C14H14FN3S/c15-9-4-6-10(7-5-9)19-8-13-17-12-3-1-2-11(12)14(16)18-13/h4-7H,1-3,8H2,(H2,16,17,18). The van der Waals surface area contributed by atoms with Crippen molar-refractivity contribution in [3.8, 4) is 0 Å². The van der Waals surface area contributed by atoms with Crippen molar-refractivity contribution in [1.29, 1.82) is 0 Å². The summed E-state index contributed by atoms with van der Waals surface area (Å²) in [6, 6.07) is 6.44. The molecule has 2 aromatic rings. The van der Waals surface area contributed by atoms with E-state index in [-0.39, 0.29) is 5.82 Å². The lowest BCUT2D eigenvalue weighted by Crippen LogP contribution is -2.04. The van der Waals surface area contributed by atoms with Gasteiger partial charge in [0.1, 0.15) is 17.5 Å². The molecule has 0 aliphatic heterocycles. The topological polar surface area (TPSA) is 51.8 Å². The summed E-state index contributed by atoms with van der Waals surface area (Å²) in [5.41, 5.74) is 8.17. The monoisotopic (exact) mass is 275 g/mol. The van der Waals surface area contributed by atoms with Gasteiger partial charge in [0.15, 0.2) is 0 Å². The Hall–Kier alpha value is -1.62. The Morgan fingerprint density at radius 1 is 1.16 bits per heavy atom. The molecule has 1 aliphatic carbocycles. The van der Waals surface area contributed by atoms with Gasteiger partial charge >= 0.3 is 0 Å². The van der Waals surface area contributed by atoms with Crippen LogP contribution in [-0.4, -0.2) is 9.97 Å². The van der Waals surface area contributed by atoms with Crippen molar-refractivity contribution < 1.29 is 4.39 Å². The minimum absolute atomic E-state index is 0.220. The summed E-state index contributed by atoms with van der Waals surface area (Å²) in [6.45, 7) is 0. The lowest BCUT2D eigenvalue weighted by Gasteiger charge is -2.06. The number of nitrogens with zero attached hydrogens (tertiary/aromatic N) is 2. The van der Waals surface area contributed by atoms with Crippen molar-refractivity contribution in [2.45, 2.75) is 29.9 Å². The van der Waals surface area contributed by atoms with Gasteiger partial charge in [-0.05, 0) is 43.5 Å². The normalized spacial score (nSPS) is 13.5. The zero-order valence-corrected chi connectivity index (χ0v) is 11.2. The SMILES string of the molecule is Nc1nc(CSc2ccc(F)cc2)nc2c1CCC2. The van der Waals surface area contributed by atoms with Crippen LogP contribution in [0.3, 0.4) is 0 Å². The van der Waals surface area contributed by atoms with Crippen molar-refractivity contribution in [3.05, 3.63) is 47.2 Å². The van der Waals surface area contributed by atoms with Crippen LogP contribution in [0, 0.1) is 5.82 Å². The molecular weight excluding hydrogens is 261 g/mol. The van der Waals surface area contributed by atoms with E-state index in [1.165, 1.54) is 12.1 Å². The Bertz CT molecular complexity index is 598. The zero-order valence-electron chi connectivity index (χ0n) is 10.4. The molecule has 5 heteroatoms. The number of nitrogens with two attached hydrogens (primary N) is 1. The van der Waals surface area contributed by atoms with Gasteiger partial charge in [-0.3, -0.25) is 0 Å². The number of anilines is 1. The molecule has 98 valence electrons. The maximum absolute atomic E-state index is 12.8. The molecule has 0 saturated carbocycles. The van der Waals surface area contributed by atoms with Crippen LogP contribution < -0.4 is 5.73 Å². The molecule has 1 aromatic heterocycles. The van der Waals surface area contributed by atoms with Gasteiger partial charge in [-0.1, -0.05) is 0 Å². The van der Waals surface area contributed by atoms with Crippen LogP contribution >= 0.6 is 11.8 Å². The number of fused-ring (bicyclic) bond motifs is 1. The molecule has 0 saturated heterocycles. The fourth-order valence-corrected chi connectivity index (χ4v) is 3.01. The molecule has 0 unspecified atom stereocenters. The second-order valence-corrected chi connectivity index (χ2v) is 5.60. The molecule has 2 N–H and O–H groups in total. The third-order valence-corrected chi connectivity index (χ3v) is 4.20. The van der Waals surface area contributed by atoms with E-state index < -0.39 is 0 Å². The molecule has 3 nitrogen and oxygen atoms in total. The molecule has 0 spiro atoms. The highest BCUT2D eigenvalue weighted by Crippen LogP contribution is 2.27. The lowest BCUT2D eigenvalue weighted by molar-refractivity contribution is 0.626. The number of aryl methyl sites for hydroxylation is 1. The van der Waals surface area contributed by atoms with E-state index in [4.69, 9.17) is 5.73 Å². The van der Waals surface area contributed by atoms with E-state index in [9.17, 15) is 4.39 Å². The summed E-state index contributed by atoms with van der Waals surface area (Å²) in [5, 5.41) is 0. The van der Waals surface area contributed by atoms with Crippen LogP contribution in [0.25, 0.3) is 0 Å². The van der Waals surface area contributed by atoms with Crippen molar-refractivity contribution >= 4 is 17.6 Å². The summed E-state index contributed by atoms with van der Waals surface area (Å²) in [4.78, 5) is 9.91. The number of rotatable bonds is 3. The van der Waals surface area contributed by atoms with Gasteiger partial charge in [0.25, 0.3) is 0 Å². The average molecular weight is 275 g/mol. The smallest absolute Gasteiger partial charge is 0.141 e. The molecule has 0 radical (unpaired) electrons. The molecular formula is C14H14FN3S. The predicted octanol–water partition coefficient (Wildman–Crippen LogP) is 2.98. The number of nitrogen functional groups attached to an aromatic ring is 1. The first kappa shape index (κ1) is 12.4. The van der Waals surface area contributed by atoms with Crippen LogP contribution in [0.2, 0.25) is 0 Å². The van der Waals surface area contributed by atoms with E-state index in [0.29, 0.717) is 11.6 Å². The Balaban J connectivity index is 1.73. The highest BCUT2D eigenvalue weighted by atomic mass is 32.2. The largest absolute Gasteiger partial charge is 0.383 e. The first-order valence-electron chi connectivity index (χ1n) is 6.25. The second-order valence-electron chi connectivity index (χ2n) is 4.55. The van der Waals surface area contributed by atoms with E-state index in [1.807, 2.05) is 0 Å². The van der Waals surface area contributed by atoms with Crippen molar-refractivity contribution in [2.24, 2.45) is 0 Å². The molecule has 1 heterocycles. The van der Waals surface area contributed by atoms with Crippen LogP contribution in [0.5, 0.6) is 0 Å². The summed E-state index contributed by atoms with van der Waals surface area (Å²) in [6.07, 6.45) is 3.10. The maximum Gasteiger partial charge on any atom is 0.141 e. The molecule has 0 atom stereocenters. The molecule has 1 aliphatic rings. The lowest BCUT2D eigenvalue weighted by atomic mass is 10.2. The first-order chi connectivity index (χ1) is 9.22. The van der Waals surface area contributed by atoms with Crippen molar-refractivity contribution in [3.63, 3.8) is 0 Å². The third kappa shape index (κ3) is 2.71. The second kappa shape index (κ2) is 5.17. The Morgan fingerprint density at radius 2 is 1.95 bits per heavy atom. The highest BCUT2D eigenvalue weighted by molar-refractivity contribution is 7.98. The summed E-state index contributed by atoms with van der Waals surface area (Å²) < 4.78 is 12.8. The van der Waals surface area contributed by atoms with Gasteiger partial charge in [0.2, 0.25) is 0 Å². The number of hydrogen-bond acceptors (Lipinski definition) is 4. The number of thioether (sulfide) groups is 1. The summed E-state index contributed by atoms with van der Waals surface area (Å²) >= 11 is 1.59. The van der Waals surface area contributed by atoms with Gasteiger partial charge in [0, 0.05) is 16.2 Å². The number of aromatic nitrogens is 2. The van der Waals surface area contributed by atoms with Crippen molar-refractivity contribution in [1.82, 2.24) is 9.97 Å². The van der Waals surface area contributed by atoms with Gasteiger partial charge in [-0.15, -0.1) is 11.8 Å². The maximum atomic E-state index is 12.8. The molecule has 19 heavy (non-hydrogen) atoms.